The van der Waals surface area contributed by atoms with Crippen molar-refractivity contribution in [3.05, 3.63) is 113 Å². The summed E-state index contributed by atoms with van der Waals surface area (Å²) in [5, 5.41) is 6.68. The van der Waals surface area contributed by atoms with Crippen molar-refractivity contribution in [3.8, 4) is 11.5 Å². The van der Waals surface area contributed by atoms with Crippen molar-refractivity contribution in [1.29, 1.82) is 0 Å². The zero-order chi connectivity index (χ0) is 31.0. The number of amides is 1. The fourth-order valence-electron chi connectivity index (χ4n) is 6.65. The summed E-state index contributed by atoms with van der Waals surface area (Å²) in [4.78, 5) is 21.0. The van der Waals surface area contributed by atoms with Gasteiger partial charge in [-0.25, -0.2) is 5.01 Å². The second-order valence-corrected chi connectivity index (χ2v) is 11.4. The van der Waals surface area contributed by atoms with Gasteiger partial charge >= 0.3 is 0 Å². The summed E-state index contributed by atoms with van der Waals surface area (Å²) < 4.78 is 6.78. The molecule has 4 aromatic rings. The van der Waals surface area contributed by atoms with Gasteiger partial charge in [0.15, 0.2) is 0 Å². The van der Waals surface area contributed by atoms with Crippen LogP contribution >= 0.6 is 0 Å². The minimum atomic E-state index is -1.00. The minimum Gasteiger partial charge on any atom is -0.456 e. The highest BCUT2D eigenvalue weighted by Crippen LogP contribution is 2.58. The van der Waals surface area contributed by atoms with E-state index in [4.69, 9.17) is 9.84 Å². The topological polar surface area (TPSA) is 51.6 Å². The molecule has 44 heavy (non-hydrogen) atoms. The standard InChI is InChI=1S/C37H41N5O2/c1-7-40(8-2)28-18-20-32-34(23-28)44-35-24-29(41(9-3)10-4)19-21-33(35)37(32)31-17-12-11-16-30(31)36(43)42(37)38-25-26-14-13-15-27(22-26)39(5)6/h11-25H,7-10H2,1-6H3/b38-25+. The summed E-state index contributed by atoms with van der Waals surface area (Å²) in [7, 11) is 4.03. The van der Waals surface area contributed by atoms with Crippen LogP contribution in [-0.4, -0.2) is 57.4 Å². The molecule has 226 valence electrons. The Morgan fingerprint density at radius 2 is 1.30 bits per heavy atom. The first-order valence-corrected chi connectivity index (χ1v) is 15.6. The van der Waals surface area contributed by atoms with E-state index < -0.39 is 5.54 Å². The van der Waals surface area contributed by atoms with E-state index in [-0.39, 0.29) is 5.91 Å². The summed E-state index contributed by atoms with van der Waals surface area (Å²) in [6.07, 6.45) is 1.79. The molecule has 1 spiro atoms. The lowest BCUT2D eigenvalue weighted by Gasteiger charge is -2.42. The molecule has 0 saturated carbocycles. The number of nitrogens with zero attached hydrogens (tertiary/aromatic N) is 5. The summed E-state index contributed by atoms with van der Waals surface area (Å²) in [6.45, 7) is 12.2. The second kappa shape index (κ2) is 11.7. The maximum atomic E-state index is 14.4. The number of rotatable bonds is 9. The van der Waals surface area contributed by atoms with Crippen molar-refractivity contribution in [2.45, 2.75) is 33.2 Å². The molecule has 0 radical (unpaired) electrons. The Morgan fingerprint density at radius 1 is 0.705 bits per heavy atom. The van der Waals surface area contributed by atoms with E-state index in [1.807, 2.05) is 44.4 Å². The van der Waals surface area contributed by atoms with Gasteiger partial charge in [-0.3, -0.25) is 4.79 Å². The van der Waals surface area contributed by atoms with Crippen LogP contribution < -0.4 is 19.4 Å². The van der Waals surface area contributed by atoms with Gasteiger partial charge < -0.3 is 19.4 Å². The Kier molecular flexibility index (Phi) is 7.80. The fourth-order valence-corrected chi connectivity index (χ4v) is 6.65. The average Bonchev–Trinajstić information content (AvgIpc) is 3.29. The van der Waals surface area contributed by atoms with Gasteiger partial charge in [0.25, 0.3) is 5.91 Å². The predicted octanol–water partition coefficient (Wildman–Crippen LogP) is 7.33. The Labute approximate surface area is 261 Å². The van der Waals surface area contributed by atoms with Gasteiger partial charge in [-0.2, -0.15) is 5.10 Å². The SMILES string of the molecule is CCN(CC)c1ccc2c(c1)Oc1cc(N(CC)CC)ccc1C21c2ccccc2C(=O)N1/N=C/c1cccc(N(C)C)c1. The molecule has 0 fully saturated rings. The van der Waals surface area contributed by atoms with Gasteiger partial charge in [-0.05, 0) is 63.6 Å². The third-order valence-corrected chi connectivity index (χ3v) is 8.95. The Morgan fingerprint density at radius 3 is 1.86 bits per heavy atom. The van der Waals surface area contributed by atoms with E-state index >= 15 is 0 Å². The third-order valence-electron chi connectivity index (χ3n) is 8.95. The molecule has 0 bridgehead atoms. The van der Waals surface area contributed by atoms with E-state index in [0.29, 0.717) is 5.56 Å². The Balaban J connectivity index is 1.62. The van der Waals surface area contributed by atoms with Crippen LogP contribution in [0.4, 0.5) is 17.1 Å². The molecule has 4 aromatic carbocycles. The van der Waals surface area contributed by atoms with Crippen molar-refractivity contribution in [2.75, 3.05) is 55.0 Å². The third kappa shape index (κ3) is 4.58. The van der Waals surface area contributed by atoms with Crippen molar-refractivity contribution < 1.29 is 9.53 Å². The van der Waals surface area contributed by atoms with Gasteiger partial charge in [-0.1, -0.05) is 42.5 Å². The number of hydrogen-bond donors (Lipinski definition) is 0. The number of hydrogen-bond acceptors (Lipinski definition) is 6. The Bertz CT molecular complexity index is 1660. The molecule has 0 saturated heterocycles. The monoisotopic (exact) mass is 587 g/mol. The summed E-state index contributed by atoms with van der Waals surface area (Å²) in [5.41, 5.74) is 6.48. The van der Waals surface area contributed by atoms with Crippen LogP contribution in [0.1, 0.15) is 60.3 Å². The van der Waals surface area contributed by atoms with Crippen LogP contribution in [0, 0.1) is 0 Å². The fraction of sp³-hybridized carbons (Fsp3) is 0.297. The van der Waals surface area contributed by atoms with Crippen LogP contribution in [-0.2, 0) is 5.54 Å². The molecule has 1 amide bonds. The van der Waals surface area contributed by atoms with Gasteiger partial charge in [-0.15, -0.1) is 0 Å². The van der Waals surface area contributed by atoms with Crippen LogP contribution in [0.5, 0.6) is 11.5 Å². The number of anilines is 3. The van der Waals surface area contributed by atoms with E-state index in [9.17, 15) is 4.79 Å². The van der Waals surface area contributed by atoms with Crippen LogP contribution in [0.3, 0.4) is 0 Å². The molecule has 0 unspecified atom stereocenters. The zero-order valence-electron chi connectivity index (χ0n) is 26.5. The Hall–Kier alpha value is -4.78. The lowest BCUT2D eigenvalue weighted by molar-refractivity contribution is 0.0675. The van der Waals surface area contributed by atoms with Crippen molar-refractivity contribution in [1.82, 2.24) is 5.01 Å². The quantitative estimate of drug-likeness (QED) is 0.192. The molecule has 2 heterocycles. The molecule has 2 aliphatic heterocycles. The lowest BCUT2D eigenvalue weighted by atomic mass is 9.75. The highest BCUT2D eigenvalue weighted by Gasteiger charge is 2.57. The van der Waals surface area contributed by atoms with Gasteiger partial charge in [0, 0.05) is 91.7 Å². The molecule has 7 nitrogen and oxygen atoms in total. The maximum absolute atomic E-state index is 14.4. The van der Waals surface area contributed by atoms with Gasteiger partial charge in [0.2, 0.25) is 0 Å². The first kappa shape index (κ1) is 29.3. The molecule has 2 aliphatic rings. The number of carbonyl (C=O) groups excluding carboxylic acids is 1. The number of benzene rings is 4. The van der Waals surface area contributed by atoms with Gasteiger partial charge in [0.05, 0.1) is 6.21 Å². The summed E-state index contributed by atoms with van der Waals surface area (Å²) >= 11 is 0. The smallest absolute Gasteiger partial charge is 0.275 e. The normalized spacial score (nSPS) is 14.3. The highest BCUT2D eigenvalue weighted by atomic mass is 16.5. The minimum absolute atomic E-state index is 0.139. The van der Waals surface area contributed by atoms with Crippen LogP contribution in [0.2, 0.25) is 0 Å². The molecule has 0 N–H and O–H groups in total. The largest absolute Gasteiger partial charge is 0.456 e. The number of ether oxygens (including phenoxy) is 1. The first-order chi connectivity index (χ1) is 21.4. The van der Waals surface area contributed by atoms with Crippen LogP contribution in [0.15, 0.2) is 90.0 Å². The van der Waals surface area contributed by atoms with E-state index in [1.54, 1.807) is 11.2 Å². The van der Waals surface area contributed by atoms with E-state index in [0.717, 1.165) is 77.0 Å². The second-order valence-electron chi connectivity index (χ2n) is 11.4. The van der Waals surface area contributed by atoms with Crippen LogP contribution in [0.25, 0.3) is 0 Å². The number of fused-ring (bicyclic) bond motifs is 6. The molecule has 0 atom stereocenters. The molecular weight excluding hydrogens is 546 g/mol. The number of hydrazone groups is 1. The van der Waals surface area contributed by atoms with E-state index in [1.165, 1.54) is 0 Å². The summed E-state index contributed by atoms with van der Waals surface area (Å²) in [6, 6.07) is 28.8. The first-order valence-electron chi connectivity index (χ1n) is 15.6. The molecule has 6 rings (SSSR count). The predicted molar refractivity (Wildman–Crippen MR) is 181 cm³/mol. The lowest BCUT2D eigenvalue weighted by Crippen LogP contribution is -2.44. The van der Waals surface area contributed by atoms with Gasteiger partial charge in [0.1, 0.15) is 17.0 Å². The van der Waals surface area contributed by atoms with Crippen molar-refractivity contribution in [2.24, 2.45) is 5.10 Å². The molecular formula is C37H41N5O2. The highest BCUT2D eigenvalue weighted by molar-refractivity contribution is 6.03. The molecule has 0 aliphatic carbocycles. The summed E-state index contributed by atoms with van der Waals surface area (Å²) in [5.74, 6) is 1.33. The molecule has 7 heteroatoms. The average molecular weight is 588 g/mol. The number of carbonyl (C=O) groups is 1. The van der Waals surface area contributed by atoms with Crippen molar-refractivity contribution >= 4 is 29.2 Å². The molecule has 0 aromatic heterocycles. The van der Waals surface area contributed by atoms with Crippen molar-refractivity contribution in [3.63, 3.8) is 0 Å². The van der Waals surface area contributed by atoms with E-state index in [2.05, 4.69) is 97.0 Å². The maximum Gasteiger partial charge on any atom is 0.275 e. The zero-order valence-corrected chi connectivity index (χ0v) is 26.5.